The number of carbonyl (C=O) groups is 3. The normalized spacial score (nSPS) is 13.0. The highest BCUT2D eigenvalue weighted by Gasteiger charge is 2.19. The number of nitrogens with two attached hydrogens (primary N) is 1. The van der Waals surface area contributed by atoms with Crippen LogP contribution in [-0.4, -0.2) is 36.9 Å². The van der Waals surface area contributed by atoms with E-state index in [1.807, 2.05) is 30.3 Å². The summed E-state index contributed by atoms with van der Waals surface area (Å²) in [6, 6.07) is 7.85. The predicted molar refractivity (Wildman–Crippen MR) is 82.0 cm³/mol. The van der Waals surface area contributed by atoms with Crippen LogP contribution in [0.1, 0.15) is 25.3 Å². The summed E-state index contributed by atoms with van der Waals surface area (Å²) < 4.78 is 4.49. The second kappa shape index (κ2) is 8.94. The van der Waals surface area contributed by atoms with Gasteiger partial charge in [-0.25, -0.2) is 0 Å². The van der Waals surface area contributed by atoms with Crippen LogP contribution < -0.4 is 11.1 Å². The summed E-state index contributed by atoms with van der Waals surface area (Å²) in [5.74, 6) is -0.932. The van der Waals surface area contributed by atoms with Crippen LogP contribution in [0.15, 0.2) is 30.3 Å². The zero-order chi connectivity index (χ0) is 16.5. The molecule has 1 aromatic rings. The average molecular weight is 306 g/mol. The first-order valence-corrected chi connectivity index (χ1v) is 7.13. The first-order chi connectivity index (χ1) is 10.4. The minimum absolute atomic E-state index is 0.114. The Kier molecular flexibility index (Phi) is 7.25. The molecule has 6 heteroatoms. The van der Waals surface area contributed by atoms with Gasteiger partial charge in [0.1, 0.15) is 6.04 Å². The van der Waals surface area contributed by atoms with Crippen molar-refractivity contribution in [3.63, 3.8) is 0 Å². The van der Waals surface area contributed by atoms with Crippen molar-refractivity contribution in [2.24, 2.45) is 5.73 Å². The van der Waals surface area contributed by atoms with E-state index < -0.39 is 18.1 Å². The number of amides is 1. The Morgan fingerprint density at radius 1 is 1.23 bits per heavy atom. The van der Waals surface area contributed by atoms with Crippen molar-refractivity contribution in [3.8, 4) is 0 Å². The maximum Gasteiger partial charge on any atom is 0.322 e. The first-order valence-electron chi connectivity index (χ1n) is 7.13. The van der Waals surface area contributed by atoms with Gasteiger partial charge in [0.15, 0.2) is 5.78 Å². The van der Waals surface area contributed by atoms with E-state index in [-0.39, 0.29) is 31.0 Å². The van der Waals surface area contributed by atoms with E-state index in [4.69, 9.17) is 5.73 Å². The number of esters is 1. The van der Waals surface area contributed by atoms with Gasteiger partial charge in [0.05, 0.1) is 19.6 Å². The number of rotatable bonds is 8. The van der Waals surface area contributed by atoms with Crippen molar-refractivity contribution in [1.29, 1.82) is 0 Å². The molecule has 0 aliphatic heterocycles. The molecule has 22 heavy (non-hydrogen) atoms. The van der Waals surface area contributed by atoms with Crippen molar-refractivity contribution in [1.82, 2.24) is 5.32 Å². The van der Waals surface area contributed by atoms with E-state index in [1.54, 1.807) is 6.92 Å². The summed E-state index contributed by atoms with van der Waals surface area (Å²) in [6.07, 6.45) is 0.535. The molecule has 0 aliphatic rings. The van der Waals surface area contributed by atoms with E-state index in [2.05, 4.69) is 10.1 Å². The van der Waals surface area contributed by atoms with Gasteiger partial charge in [0.25, 0.3) is 0 Å². The molecule has 0 saturated heterocycles. The van der Waals surface area contributed by atoms with Crippen LogP contribution in [0.3, 0.4) is 0 Å². The van der Waals surface area contributed by atoms with Crippen molar-refractivity contribution < 1.29 is 19.1 Å². The maximum atomic E-state index is 11.9. The van der Waals surface area contributed by atoms with E-state index >= 15 is 0 Å². The van der Waals surface area contributed by atoms with Crippen molar-refractivity contribution in [2.75, 3.05) is 7.11 Å². The highest BCUT2D eigenvalue weighted by atomic mass is 16.5. The third kappa shape index (κ3) is 6.05. The summed E-state index contributed by atoms with van der Waals surface area (Å²) >= 11 is 0. The lowest BCUT2D eigenvalue weighted by Crippen LogP contribution is -2.40. The van der Waals surface area contributed by atoms with Crippen molar-refractivity contribution in [3.05, 3.63) is 35.9 Å². The van der Waals surface area contributed by atoms with Crippen LogP contribution in [0, 0.1) is 0 Å². The number of ether oxygens (including phenoxy) is 1. The topological polar surface area (TPSA) is 98.5 Å². The molecule has 1 rings (SSSR count). The molecule has 0 unspecified atom stereocenters. The number of nitrogens with one attached hydrogen (secondary N) is 1. The van der Waals surface area contributed by atoms with Crippen LogP contribution in [0.4, 0.5) is 0 Å². The zero-order valence-electron chi connectivity index (χ0n) is 12.9. The zero-order valence-corrected chi connectivity index (χ0v) is 12.9. The Morgan fingerprint density at radius 3 is 2.45 bits per heavy atom. The van der Waals surface area contributed by atoms with Crippen LogP contribution >= 0.6 is 0 Å². The number of hydrogen-bond donors (Lipinski definition) is 2. The predicted octanol–water partition coefficient (Wildman–Crippen LogP) is 0.583. The van der Waals surface area contributed by atoms with Gasteiger partial charge < -0.3 is 15.8 Å². The van der Waals surface area contributed by atoms with Gasteiger partial charge in [0.2, 0.25) is 5.91 Å². The second-order valence-electron chi connectivity index (χ2n) is 5.09. The molecule has 1 aromatic carbocycles. The highest BCUT2D eigenvalue weighted by Crippen LogP contribution is 2.03. The molecule has 0 fully saturated rings. The molecular formula is C16H22N2O4. The van der Waals surface area contributed by atoms with Crippen LogP contribution in [-0.2, 0) is 25.5 Å². The number of ketones is 1. The molecular weight excluding hydrogens is 284 g/mol. The molecule has 0 spiro atoms. The fourth-order valence-corrected chi connectivity index (χ4v) is 1.94. The maximum absolute atomic E-state index is 11.9. The summed E-state index contributed by atoms with van der Waals surface area (Å²) in [5, 5.41) is 2.65. The monoisotopic (exact) mass is 306 g/mol. The highest BCUT2D eigenvalue weighted by molar-refractivity contribution is 5.89. The van der Waals surface area contributed by atoms with E-state index in [9.17, 15) is 14.4 Å². The lowest BCUT2D eigenvalue weighted by molar-refractivity contribution is -0.142. The molecule has 0 heterocycles. The molecule has 0 aromatic heterocycles. The summed E-state index contributed by atoms with van der Waals surface area (Å²) in [4.78, 5) is 34.9. The number of hydrogen-bond acceptors (Lipinski definition) is 5. The van der Waals surface area contributed by atoms with Gasteiger partial charge in [-0.05, 0) is 18.9 Å². The van der Waals surface area contributed by atoms with Crippen LogP contribution in [0.2, 0.25) is 0 Å². The number of carbonyl (C=O) groups excluding carboxylic acids is 3. The Labute approximate surface area is 130 Å². The summed E-state index contributed by atoms with van der Waals surface area (Å²) in [6.45, 7) is 1.62. The summed E-state index contributed by atoms with van der Waals surface area (Å²) in [5.41, 5.74) is 6.45. The molecule has 6 nitrogen and oxygen atoms in total. The third-order valence-corrected chi connectivity index (χ3v) is 3.27. The van der Waals surface area contributed by atoms with Gasteiger partial charge in [0, 0.05) is 6.42 Å². The molecule has 0 radical (unpaired) electrons. The second-order valence-corrected chi connectivity index (χ2v) is 5.09. The Bertz CT molecular complexity index is 516. The van der Waals surface area contributed by atoms with Gasteiger partial charge in [-0.1, -0.05) is 30.3 Å². The lowest BCUT2D eigenvalue weighted by Gasteiger charge is -2.14. The fourth-order valence-electron chi connectivity index (χ4n) is 1.94. The van der Waals surface area contributed by atoms with Crippen LogP contribution in [0.5, 0.6) is 0 Å². The molecule has 120 valence electrons. The molecule has 1 amide bonds. The Balaban J connectivity index is 2.37. The van der Waals surface area contributed by atoms with E-state index in [1.165, 1.54) is 7.11 Å². The quantitative estimate of drug-likeness (QED) is 0.685. The van der Waals surface area contributed by atoms with Crippen molar-refractivity contribution in [2.45, 2.75) is 38.3 Å². The number of methoxy groups -OCH3 is 1. The van der Waals surface area contributed by atoms with Gasteiger partial charge in [-0.3, -0.25) is 14.4 Å². The largest absolute Gasteiger partial charge is 0.468 e. The fraction of sp³-hybridized carbons (Fsp3) is 0.438. The summed E-state index contributed by atoms with van der Waals surface area (Å²) in [7, 11) is 1.25. The minimum Gasteiger partial charge on any atom is -0.468 e. The number of benzene rings is 1. The minimum atomic E-state index is -0.818. The third-order valence-electron chi connectivity index (χ3n) is 3.27. The van der Waals surface area contributed by atoms with E-state index in [0.717, 1.165) is 5.56 Å². The van der Waals surface area contributed by atoms with Crippen molar-refractivity contribution >= 4 is 17.7 Å². The molecule has 3 N–H and O–H groups in total. The molecule has 0 aliphatic carbocycles. The number of Topliss-reactive ketones (excluding diaryl/α,β-unsaturated/α-hetero) is 1. The van der Waals surface area contributed by atoms with E-state index in [0.29, 0.717) is 0 Å². The van der Waals surface area contributed by atoms with Gasteiger partial charge in [-0.2, -0.15) is 0 Å². The first kappa shape index (κ1) is 17.8. The molecule has 2 atom stereocenters. The Morgan fingerprint density at radius 2 is 1.86 bits per heavy atom. The standard InChI is InChI=1S/C16H22N2O4/c1-11(14(19)9-8-13(17)16(21)22-2)18-15(20)10-12-6-4-3-5-7-12/h3-7,11,13H,8-10,17H2,1-2H3,(H,18,20)/t11-,13-/m0/s1. The van der Waals surface area contributed by atoms with Gasteiger partial charge >= 0.3 is 5.97 Å². The molecule has 0 saturated carbocycles. The smallest absolute Gasteiger partial charge is 0.322 e. The SMILES string of the molecule is COC(=O)[C@@H](N)CCC(=O)[C@H](C)NC(=O)Cc1ccccc1. The Hall–Kier alpha value is -2.21. The molecule has 0 bridgehead atoms. The van der Waals surface area contributed by atoms with Crippen LogP contribution in [0.25, 0.3) is 0 Å². The average Bonchev–Trinajstić information content (AvgIpc) is 2.52. The lowest BCUT2D eigenvalue weighted by atomic mass is 10.0. The van der Waals surface area contributed by atoms with Gasteiger partial charge in [-0.15, -0.1) is 0 Å².